The molecule has 3 aliphatic rings. The van der Waals surface area contributed by atoms with Crippen molar-refractivity contribution >= 4 is 5.96 Å². The van der Waals surface area contributed by atoms with Gasteiger partial charge in [0.1, 0.15) is 6.54 Å². The van der Waals surface area contributed by atoms with E-state index in [-0.39, 0.29) is 0 Å². The Bertz CT molecular complexity index is 547. The van der Waals surface area contributed by atoms with Crippen molar-refractivity contribution < 1.29 is 4.52 Å². The highest BCUT2D eigenvalue weighted by molar-refractivity contribution is 5.79. The van der Waals surface area contributed by atoms with Gasteiger partial charge in [0.25, 0.3) is 0 Å². The van der Waals surface area contributed by atoms with E-state index in [2.05, 4.69) is 51.4 Å². The van der Waals surface area contributed by atoms with Gasteiger partial charge in [0.05, 0.1) is 5.69 Å². The van der Waals surface area contributed by atoms with Crippen LogP contribution in [0.4, 0.5) is 0 Å². The Morgan fingerprint density at radius 1 is 1.33 bits per heavy atom. The minimum absolute atomic E-state index is 0.378. The Kier molecular flexibility index (Phi) is 5.73. The fraction of sp³-hybridized carbons (Fsp3) is 0.765. The second-order valence-electron chi connectivity index (χ2n) is 6.94. The van der Waals surface area contributed by atoms with Crippen LogP contribution in [0.5, 0.6) is 0 Å². The first-order valence-corrected chi connectivity index (χ1v) is 9.09. The van der Waals surface area contributed by atoms with Crippen molar-refractivity contribution in [3.63, 3.8) is 0 Å². The summed E-state index contributed by atoms with van der Waals surface area (Å²) in [7, 11) is 0. The van der Waals surface area contributed by atoms with E-state index in [1.54, 1.807) is 0 Å². The monoisotopic (exact) mass is 334 g/mol. The fourth-order valence-electron chi connectivity index (χ4n) is 3.31. The zero-order chi connectivity index (χ0) is 16.9. The minimum Gasteiger partial charge on any atom is -0.359 e. The molecule has 3 saturated heterocycles. The van der Waals surface area contributed by atoms with Gasteiger partial charge in [-0.3, -0.25) is 9.80 Å². The smallest absolute Gasteiger partial charge is 0.191 e. The van der Waals surface area contributed by atoms with Crippen molar-refractivity contribution in [1.82, 2.24) is 25.6 Å². The SMILES string of the molecule is CCNC(=NCc1cc(C(C)C)no1)NCC1CN2CCN1CC2. The average Bonchev–Trinajstić information content (AvgIpc) is 3.08. The number of hydrogen-bond donors (Lipinski definition) is 2. The molecule has 2 bridgehead atoms. The van der Waals surface area contributed by atoms with Gasteiger partial charge in [-0.05, 0) is 12.8 Å². The number of rotatable bonds is 6. The van der Waals surface area contributed by atoms with E-state index >= 15 is 0 Å². The molecular formula is C17H30N6O. The third-order valence-corrected chi connectivity index (χ3v) is 4.80. The lowest BCUT2D eigenvalue weighted by Crippen LogP contribution is -2.63. The van der Waals surface area contributed by atoms with E-state index < -0.39 is 0 Å². The van der Waals surface area contributed by atoms with Crippen molar-refractivity contribution in [1.29, 1.82) is 0 Å². The number of guanidine groups is 1. The maximum atomic E-state index is 5.36. The molecule has 0 aliphatic carbocycles. The largest absolute Gasteiger partial charge is 0.359 e. The number of hydrogen-bond acceptors (Lipinski definition) is 5. The molecule has 1 aromatic rings. The van der Waals surface area contributed by atoms with Crippen molar-refractivity contribution in [3.05, 3.63) is 17.5 Å². The number of aromatic nitrogens is 1. The summed E-state index contributed by atoms with van der Waals surface area (Å²) in [5.41, 5.74) is 0.984. The Hall–Kier alpha value is -1.60. The standard InChI is InChI=1S/C17H30N6O/c1-4-18-17(20-11-15-9-16(13(2)3)21-24-15)19-10-14-12-22-5-7-23(14)8-6-22/h9,13-14H,4-8,10-12H2,1-3H3,(H2,18,19,20). The first-order valence-electron chi connectivity index (χ1n) is 9.09. The predicted molar refractivity (Wildman–Crippen MR) is 95.2 cm³/mol. The summed E-state index contributed by atoms with van der Waals surface area (Å²) in [6, 6.07) is 2.57. The van der Waals surface area contributed by atoms with E-state index in [0.717, 1.165) is 37.0 Å². The molecule has 7 nitrogen and oxygen atoms in total. The van der Waals surface area contributed by atoms with Crippen LogP contribution in [0.25, 0.3) is 0 Å². The number of aliphatic imine (C=N–C) groups is 1. The zero-order valence-corrected chi connectivity index (χ0v) is 15.1. The van der Waals surface area contributed by atoms with Crippen LogP contribution in [-0.4, -0.2) is 72.8 Å². The van der Waals surface area contributed by atoms with Crippen LogP contribution in [0.15, 0.2) is 15.6 Å². The quantitative estimate of drug-likeness (QED) is 0.594. The lowest BCUT2D eigenvalue weighted by molar-refractivity contribution is 0.0154. The van der Waals surface area contributed by atoms with Crippen LogP contribution in [0.3, 0.4) is 0 Å². The first-order chi connectivity index (χ1) is 11.7. The lowest BCUT2D eigenvalue weighted by atomic mass is 10.1. The molecule has 0 amide bonds. The molecule has 3 aliphatic heterocycles. The van der Waals surface area contributed by atoms with Crippen LogP contribution in [0, 0.1) is 0 Å². The maximum Gasteiger partial charge on any atom is 0.191 e. The van der Waals surface area contributed by atoms with Crippen molar-refractivity contribution in [2.45, 2.75) is 39.3 Å². The van der Waals surface area contributed by atoms with Gasteiger partial charge in [0.15, 0.2) is 11.7 Å². The van der Waals surface area contributed by atoms with E-state index in [4.69, 9.17) is 4.52 Å². The van der Waals surface area contributed by atoms with Crippen molar-refractivity contribution in [2.24, 2.45) is 4.99 Å². The number of nitrogens with zero attached hydrogens (tertiary/aromatic N) is 4. The summed E-state index contributed by atoms with van der Waals surface area (Å²) in [5.74, 6) is 2.03. The van der Waals surface area contributed by atoms with Crippen LogP contribution in [0.1, 0.15) is 38.1 Å². The number of nitrogens with one attached hydrogen (secondary N) is 2. The maximum absolute atomic E-state index is 5.36. The van der Waals surface area contributed by atoms with Gasteiger partial charge in [-0.1, -0.05) is 19.0 Å². The Balaban J connectivity index is 1.53. The third-order valence-electron chi connectivity index (χ3n) is 4.80. The van der Waals surface area contributed by atoms with E-state index in [9.17, 15) is 0 Å². The van der Waals surface area contributed by atoms with Crippen LogP contribution in [0.2, 0.25) is 0 Å². The van der Waals surface area contributed by atoms with Gasteiger partial charge >= 0.3 is 0 Å². The van der Waals surface area contributed by atoms with Crippen LogP contribution >= 0.6 is 0 Å². The first kappa shape index (κ1) is 17.2. The summed E-state index contributed by atoms with van der Waals surface area (Å²) in [6.07, 6.45) is 0. The second kappa shape index (κ2) is 7.98. The molecule has 0 radical (unpaired) electrons. The van der Waals surface area contributed by atoms with Gasteiger partial charge < -0.3 is 15.2 Å². The molecule has 0 spiro atoms. The second-order valence-corrected chi connectivity index (χ2v) is 6.94. The highest BCUT2D eigenvalue weighted by Gasteiger charge is 2.31. The van der Waals surface area contributed by atoms with E-state index in [1.807, 2.05) is 6.07 Å². The molecule has 24 heavy (non-hydrogen) atoms. The molecule has 4 rings (SSSR count). The van der Waals surface area contributed by atoms with Crippen molar-refractivity contribution in [2.75, 3.05) is 45.8 Å². The lowest BCUT2D eigenvalue weighted by Gasteiger charge is -2.47. The normalized spacial score (nSPS) is 26.8. The summed E-state index contributed by atoms with van der Waals surface area (Å²) in [5, 5.41) is 10.9. The molecule has 1 unspecified atom stereocenters. The third kappa shape index (κ3) is 4.27. The van der Waals surface area contributed by atoms with Crippen LogP contribution < -0.4 is 10.6 Å². The van der Waals surface area contributed by atoms with Gasteiger partial charge in [0.2, 0.25) is 0 Å². The highest BCUT2D eigenvalue weighted by Crippen LogP contribution is 2.15. The molecule has 4 heterocycles. The van der Waals surface area contributed by atoms with E-state index in [0.29, 0.717) is 18.5 Å². The average molecular weight is 334 g/mol. The molecule has 134 valence electrons. The molecule has 0 saturated carbocycles. The van der Waals surface area contributed by atoms with Gasteiger partial charge in [0, 0.05) is 57.9 Å². The fourth-order valence-corrected chi connectivity index (χ4v) is 3.31. The molecule has 7 heteroatoms. The molecule has 3 fully saturated rings. The molecule has 2 N–H and O–H groups in total. The summed E-state index contributed by atoms with van der Waals surface area (Å²) < 4.78 is 5.36. The molecule has 1 atom stereocenters. The molecular weight excluding hydrogens is 304 g/mol. The topological polar surface area (TPSA) is 68.9 Å². The van der Waals surface area contributed by atoms with Crippen molar-refractivity contribution in [3.8, 4) is 0 Å². The Labute approximate surface area is 144 Å². The predicted octanol–water partition coefficient (Wildman–Crippen LogP) is 0.853. The van der Waals surface area contributed by atoms with Crippen LogP contribution in [-0.2, 0) is 6.54 Å². The van der Waals surface area contributed by atoms with Gasteiger partial charge in [-0.15, -0.1) is 0 Å². The van der Waals surface area contributed by atoms with Gasteiger partial charge in [-0.2, -0.15) is 0 Å². The number of fused-ring (bicyclic) bond motifs is 3. The van der Waals surface area contributed by atoms with E-state index in [1.165, 1.54) is 26.2 Å². The molecule has 0 aromatic carbocycles. The number of piperazine rings is 3. The molecule has 1 aromatic heterocycles. The Morgan fingerprint density at radius 2 is 2.12 bits per heavy atom. The summed E-state index contributed by atoms with van der Waals surface area (Å²) >= 11 is 0. The summed E-state index contributed by atoms with van der Waals surface area (Å²) in [4.78, 5) is 9.77. The zero-order valence-electron chi connectivity index (χ0n) is 15.1. The van der Waals surface area contributed by atoms with Gasteiger partial charge in [-0.25, -0.2) is 4.99 Å². The highest BCUT2D eigenvalue weighted by atomic mass is 16.5. The summed E-state index contributed by atoms with van der Waals surface area (Å²) in [6.45, 7) is 14.6. The minimum atomic E-state index is 0.378. The Morgan fingerprint density at radius 3 is 2.71 bits per heavy atom.